The van der Waals surface area contributed by atoms with Crippen LogP contribution in [0.5, 0.6) is 0 Å². The number of amides is 1. The lowest BCUT2D eigenvalue weighted by atomic mass is 10.1. The summed E-state index contributed by atoms with van der Waals surface area (Å²) in [5.41, 5.74) is -0.383. The van der Waals surface area contributed by atoms with Gasteiger partial charge in [0.1, 0.15) is 18.0 Å². The summed E-state index contributed by atoms with van der Waals surface area (Å²) in [6, 6.07) is 6.14. The zero-order valence-corrected chi connectivity index (χ0v) is 14.9. The van der Waals surface area contributed by atoms with Gasteiger partial charge in [-0.1, -0.05) is 12.1 Å². The first-order chi connectivity index (χ1) is 13.4. The number of nitrogens with one attached hydrogen (secondary N) is 1. The Kier molecular flexibility index (Phi) is 5.98. The molecule has 10 heteroatoms. The van der Waals surface area contributed by atoms with Gasteiger partial charge in [0.2, 0.25) is 6.41 Å². The van der Waals surface area contributed by atoms with Gasteiger partial charge in [0.15, 0.2) is 0 Å². The molecule has 1 atom stereocenters. The number of hydrogen-bond donors (Lipinski definition) is 2. The molecule has 1 fully saturated rings. The molecule has 7 nitrogen and oxygen atoms in total. The van der Waals surface area contributed by atoms with Crippen molar-refractivity contribution in [2.24, 2.45) is 0 Å². The SMILES string of the molecule is O=CN1CCN(c2cc(NCC(O)c3ccc(C(F)(F)F)cc3)ncn2)CC1. The van der Waals surface area contributed by atoms with Gasteiger partial charge in [-0.25, -0.2) is 9.97 Å². The number of rotatable bonds is 6. The van der Waals surface area contributed by atoms with E-state index in [0.29, 0.717) is 43.4 Å². The van der Waals surface area contributed by atoms with Gasteiger partial charge in [0.25, 0.3) is 0 Å². The van der Waals surface area contributed by atoms with Crippen LogP contribution in [0.1, 0.15) is 17.2 Å². The maximum absolute atomic E-state index is 12.6. The van der Waals surface area contributed by atoms with Crippen molar-refractivity contribution in [3.63, 3.8) is 0 Å². The Morgan fingerprint density at radius 2 is 1.82 bits per heavy atom. The molecule has 0 aliphatic carbocycles. The van der Waals surface area contributed by atoms with Crippen molar-refractivity contribution in [2.45, 2.75) is 12.3 Å². The lowest BCUT2D eigenvalue weighted by molar-refractivity contribution is -0.137. The van der Waals surface area contributed by atoms with Crippen LogP contribution in [0, 0.1) is 0 Å². The number of benzene rings is 1. The van der Waals surface area contributed by atoms with Gasteiger partial charge in [-0.2, -0.15) is 13.2 Å². The molecule has 150 valence electrons. The minimum atomic E-state index is -4.41. The van der Waals surface area contributed by atoms with E-state index in [0.717, 1.165) is 18.5 Å². The molecular formula is C18H20F3N5O2. The number of aromatic nitrogens is 2. The van der Waals surface area contributed by atoms with Crippen LogP contribution in [0.25, 0.3) is 0 Å². The third-order valence-corrected chi connectivity index (χ3v) is 4.54. The number of aliphatic hydroxyl groups excluding tert-OH is 1. The van der Waals surface area contributed by atoms with E-state index in [2.05, 4.69) is 15.3 Å². The molecule has 2 heterocycles. The predicted molar refractivity (Wildman–Crippen MR) is 96.8 cm³/mol. The van der Waals surface area contributed by atoms with Crippen molar-refractivity contribution in [3.05, 3.63) is 47.8 Å². The Labute approximate surface area is 159 Å². The van der Waals surface area contributed by atoms with Crippen LogP contribution in [0.15, 0.2) is 36.7 Å². The van der Waals surface area contributed by atoms with Crippen molar-refractivity contribution in [1.29, 1.82) is 0 Å². The van der Waals surface area contributed by atoms with Crippen molar-refractivity contribution in [2.75, 3.05) is 42.9 Å². The molecule has 0 spiro atoms. The Bertz CT molecular complexity index is 793. The molecule has 28 heavy (non-hydrogen) atoms. The van der Waals surface area contributed by atoms with E-state index in [1.165, 1.54) is 18.5 Å². The maximum Gasteiger partial charge on any atom is 0.416 e. The molecule has 1 aliphatic rings. The number of carbonyl (C=O) groups excluding carboxylic acids is 1. The van der Waals surface area contributed by atoms with Gasteiger partial charge in [0.05, 0.1) is 11.7 Å². The molecule has 2 N–H and O–H groups in total. The summed E-state index contributed by atoms with van der Waals surface area (Å²) < 4.78 is 37.8. The Balaban J connectivity index is 1.58. The highest BCUT2D eigenvalue weighted by atomic mass is 19.4. The summed E-state index contributed by atoms with van der Waals surface area (Å²) in [7, 11) is 0. The number of hydrogen-bond acceptors (Lipinski definition) is 6. The minimum absolute atomic E-state index is 0.0841. The monoisotopic (exact) mass is 395 g/mol. The highest BCUT2D eigenvalue weighted by Gasteiger charge is 2.30. The van der Waals surface area contributed by atoms with E-state index in [-0.39, 0.29) is 6.54 Å². The molecular weight excluding hydrogens is 375 g/mol. The maximum atomic E-state index is 12.6. The van der Waals surface area contributed by atoms with E-state index in [1.54, 1.807) is 11.0 Å². The number of nitrogens with zero attached hydrogens (tertiary/aromatic N) is 4. The molecule has 1 amide bonds. The molecule has 1 saturated heterocycles. The van der Waals surface area contributed by atoms with E-state index < -0.39 is 17.8 Å². The smallest absolute Gasteiger partial charge is 0.387 e. The van der Waals surface area contributed by atoms with Crippen LogP contribution in [0.2, 0.25) is 0 Å². The van der Waals surface area contributed by atoms with Crippen molar-refractivity contribution in [3.8, 4) is 0 Å². The Morgan fingerprint density at radius 3 is 2.43 bits per heavy atom. The second kappa shape index (κ2) is 8.42. The average Bonchev–Trinajstić information content (AvgIpc) is 2.72. The van der Waals surface area contributed by atoms with Gasteiger partial charge in [-0.15, -0.1) is 0 Å². The van der Waals surface area contributed by atoms with Crippen molar-refractivity contribution < 1.29 is 23.1 Å². The summed E-state index contributed by atoms with van der Waals surface area (Å²) in [4.78, 5) is 22.8. The fraction of sp³-hybridized carbons (Fsp3) is 0.389. The van der Waals surface area contributed by atoms with Gasteiger partial charge < -0.3 is 20.2 Å². The largest absolute Gasteiger partial charge is 0.416 e. The van der Waals surface area contributed by atoms with Crippen molar-refractivity contribution in [1.82, 2.24) is 14.9 Å². The van der Waals surface area contributed by atoms with E-state index in [4.69, 9.17) is 0 Å². The highest BCUT2D eigenvalue weighted by molar-refractivity contribution is 5.51. The summed E-state index contributed by atoms with van der Waals surface area (Å²) in [6.45, 7) is 2.62. The van der Waals surface area contributed by atoms with Crippen LogP contribution in [-0.2, 0) is 11.0 Å². The quantitative estimate of drug-likeness (QED) is 0.728. The number of piperazine rings is 1. The first-order valence-corrected chi connectivity index (χ1v) is 8.72. The van der Waals surface area contributed by atoms with E-state index >= 15 is 0 Å². The Hall–Kier alpha value is -2.88. The topological polar surface area (TPSA) is 81.6 Å². The average molecular weight is 395 g/mol. The molecule has 1 unspecified atom stereocenters. The van der Waals surface area contributed by atoms with E-state index in [9.17, 15) is 23.1 Å². The van der Waals surface area contributed by atoms with Gasteiger partial charge in [-0.05, 0) is 17.7 Å². The molecule has 0 bridgehead atoms. The molecule has 1 aromatic heterocycles. The van der Waals surface area contributed by atoms with E-state index in [1.807, 2.05) is 4.90 Å². The molecule has 1 aliphatic heterocycles. The van der Waals surface area contributed by atoms with Crippen LogP contribution in [0.4, 0.5) is 24.8 Å². The number of alkyl halides is 3. The summed E-state index contributed by atoms with van der Waals surface area (Å²) >= 11 is 0. The molecule has 2 aromatic rings. The first kappa shape index (κ1) is 19.9. The molecule has 1 aromatic carbocycles. The minimum Gasteiger partial charge on any atom is -0.387 e. The Morgan fingerprint density at radius 1 is 1.14 bits per heavy atom. The lowest BCUT2D eigenvalue weighted by Crippen LogP contribution is -2.46. The zero-order chi connectivity index (χ0) is 20.1. The summed E-state index contributed by atoms with van der Waals surface area (Å²) in [5.74, 6) is 1.20. The number of anilines is 2. The van der Waals surface area contributed by atoms with Gasteiger partial charge >= 0.3 is 6.18 Å². The summed E-state index contributed by atoms with van der Waals surface area (Å²) in [6.07, 6.45) is -3.17. The third-order valence-electron chi connectivity index (χ3n) is 4.54. The van der Waals surface area contributed by atoms with Crippen LogP contribution in [0.3, 0.4) is 0 Å². The highest BCUT2D eigenvalue weighted by Crippen LogP contribution is 2.30. The van der Waals surface area contributed by atoms with Gasteiger partial charge in [0, 0.05) is 38.8 Å². The van der Waals surface area contributed by atoms with Crippen LogP contribution in [-0.4, -0.2) is 59.1 Å². The lowest BCUT2D eigenvalue weighted by Gasteiger charge is -2.33. The van der Waals surface area contributed by atoms with Crippen LogP contribution < -0.4 is 10.2 Å². The molecule has 0 radical (unpaired) electrons. The second-order valence-electron chi connectivity index (χ2n) is 6.41. The summed E-state index contributed by atoms with van der Waals surface area (Å²) in [5, 5.41) is 13.2. The fourth-order valence-electron chi connectivity index (χ4n) is 2.89. The van der Waals surface area contributed by atoms with Crippen LogP contribution >= 0.6 is 0 Å². The fourth-order valence-corrected chi connectivity index (χ4v) is 2.89. The first-order valence-electron chi connectivity index (χ1n) is 8.72. The number of carbonyl (C=O) groups is 1. The number of aliphatic hydroxyl groups is 1. The third kappa shape index (κ3) is 4.89. The number of halogens is 3. The standard InChI is InChI=1S/C18H20F3N5O2/c19-18(20,21)14-3-1-13(2-4-14)15(28)10-22-16-9-17(24-11-23-16)26-7-5-25(12-27)6-8-26/h1-4,9,11-12,15,28H,5-8,10H2,(H,22,23,24). The predicted octanol–water partition coefficient (Wildman–Crippen LogP) is 1.92. The molecule has 3 rings (SSSR count). The normalized spacial score (nSPS) is 16.0. The van der Waals surface area contributed by atoms with Gasteiger partial charge in [-0.3, -0.25) is 4.79 Å². The van der Waals surface area contributed by atoms with Crippen molar-refractivity contribution >= 4 is 18.0 Å². The zero-order valence-electron chi connectivity index (χ0n) is 14.9. The second-order valence-corrected chi connectivity index (χ2v) is 6.41. The molecule has 0 saturated carbocycles.